The van der Waals surface area contributed by atoms with Gasteiger partial charge in [0.2, 0.25) is 0 Å². The minimum Gasteiger partial charge on any atom is -0.359 e. The van der Waals surface area contributed by atoms with Gasteiger partial charge in [-0.05, 0) is 61.9 Å². The first kappa shape index (κ1) is 17.0. The lowest BCUT2D eigenvalue weighted by Gasteiger charge is -2.22. The van der Waals surface area contributed by atoms with E-state index in [1.54, 1.807) is 11.3 Å². The summed E-state index contributed by atoms with van der Waals surface area (Å²) in [5.74, 6) is 0.654. The molecular weight excluding hydrogens is 324 g/mol. The quantitative estimate of drug-likeness (QED) is 0.664. The number of benzene rings is 1. The molecule has 0 atom stereocenters. The second-order valence-corrected chi connectivity index (χ2v) is 8.78. The number of rotatable bonds is 9. The van der Waals surface area contributed by atoms with Gasteiger partial charge < -0.3 is 11.1 Å². The minimum absolute atomic E-state index is 0.654. The van der Waals surface area contributed by atoms with E-state index in [-0.39, 0.29) is 0 Å². The fraction of sp³-hybridized carbons (Fsp3) is 0.588. The molecule has 0 amide bonds. The molecule has 2 aromatic rings. The SMILES string of the molecule is CC(C)CN(CCCN)Sc1ccc2nc(NC3CC3)sc2c1. The van der Waals surface area contributed by atoms with Crippen LogP contribution in [-0.2, 0) is 0 Å². The fourth-order valence-electron chi connectivity index (χ4n) is 2.42. The molecule has 6 heteroatoms. The van der Waals surface area contributed by atoms with Crippen LogP contribution in [0, 0.1) is 5.92 Å². The van der Waals surface area contributed by atoms with E-state index in [0.29, 0.717) is 12.0 Å². The zero-order chi connectivity index (χ0) is 16.2. The van der Waals surface area contributed by atoms with Crippen LogP contribution in [0.5, 0.6) is 0 Å². The molecule has 1 aromatic heterocycles. The van der Waals surface area contributed by atoms with E-state index in [1.165, 1.54) is 22.4 Å². The number of nitrogens with one attached hydrogen (secondary N) is 1. The Hall–Kier alpha value is -0.820. The lowest BCUT2D eigenvalue weighted by Crippen LogP contribution is -2.23. The van der Waals surface area contributed by atoms with E-state index < -0.39 is 0 Å². The minimum atomic E-state index is 0.654. The summed E-state index contributed by atoms with van der Waals surface area (Å²) in [5, 5.41) is 4.56. The lowest BCUT2D eigenvalue weighted by molar-refractivity contribution is 0.402. The molecule has 1 aromatic carbocycles. The molecular formula is C17H26N4S2. The van der Waals surface area contributed by atoms with Gasteiger partial charge in [0.25, 0.3) is 0 Å². The summed E-state index contributed by atoms with van der Waals surface area (Å²) in [6, 6.07) is 7.25. The number of thiazole rings is 1. The van der Waals surface area contributed by atoms with Gasteiger partial charge >= 0.3 is 0 Å². The first-order valence-electron chi connectivity index (χ1n) is 8.44. The molecule has 1 saturated carbocycles. The second kappa shape index (κ2) is 7.83. The highest BCUT2D eigenvalue weighted by Crippen LogP contribution is 2.34. The van der Waals surface area contributed by atoms with Gasteiger partial charge in [0.05, 0.1) is 10.2 Å². The zero-order valence-corrected chi connectivity index (χ0v) is 15.6. The molecule has 126 valence electrons. The van der Waals surface area contributed by atoms with Crippen molar-refractivity contribution in [3.05, 3.63) is 18.2 Å². The summed E-state index contributed by atoms with van der Waals surface area (Å²) in [4.78, 5) is 5.97. The highest BCUT2D eigenvalue weighted by molar-refractivity contribution is 7.97. The molecule has 23 heavy (non-hydrogen) atoms. The summed E-state index contributed by atoms with van der Waals surface area (Å²) in [5.41, 5.74) is 6.77. The Morgan fingerprint density at radius 2 is 2.26 bits per heavy atom. The van der Waals surface area contributed by atoms with Crippen LogP contribution in [0.15, 0.2) is 23.1 Å². The normalized spacial score (nSPS) is 15.0. The van der Waals surface area contributed by atoms with Gasteiger partial charge in [0.1, 0.15) is 0 Å². The first-order valence-corrected chi connectivity index (χ1v) is 10.0. The Bertz CT molecular complexity index is 637. The third kappa shape index (κ3) is 5.08. The van der Waals surface area contributed by atoms with Crippen LogP contribution in [0.4, 0.5) is 5.13 Å². The number of fused-ring (bicyclic) bond motifs is 1. The molecule has 1 fully saturated rings. The molecule has 0 unspecified atom stereocenters. The van der Waals surface area contributed by atoms with Crippen molar-refractivity contribution >= 4 is 38.6 Å². The fourth-order valence-corrected chi connectivity index (χ4v) is 4.67. The van der Waals surface area contributed by atoms with Crippen LogP contribution in [0.3, 0.4) is 0 Å². The molecule has 1 aliphatic carbocycles. The highest BCUT2D eigenvalue weighted by atomic mass is 32.2. The maximum Gasteiger partial charge on any atom is 0.184 e. The number of aromatic nitrogens is 1. The second-order valence-electron chi connectivity index (χ2n) is 6.58. The van der Waals surface area contributed by atoms with Crippen molar-refractivity contribution in [3.63, 3.8) is 0 Å². The van der Waals surface area contributed by atoms with Crippen LogP contribution in [-0.4, -0.2) is 35.0 Å². The van der Waals surface area contributed by atoms with Crippen LogP contribution in [0.25, 0.3) is 10.2 Å². The van der Waals surface area contributed by atoms with Crippen molar-refractivity contribution in [2.75, 3.05) is 25.0 Å². The van der Waals surface area contributed by atoms with E-state index in [1.807, 2.05) is 11.9 Å². The number of nitrogens with zero attached hydrogens (tertiary/aromatic N) is 2. The summed E-state index contributed by atoms with van der Waals surface area (Å²) in [6.45, 7) is 7.39. The molecule has 0 spiro atoms. The van der Waals surface area contributed by atoms with Gasteiger partial charge in [0.15, 0.2) is 5.13 Å². The molecule has 3 N–H and O–H groups in total. The monoisotopic (exact) mass is 350 g/mol. The van der Waals surface area contributed by atoms with Crippen molar-refractivity contribution in [1.29, 1.82) is 0 Å². The zero-order valence-electron chi connectivity index (χ0n) is 13.9. The third-order valence-electron chi connectivity index (χ3n) is 3.68. The molecule has 0 saturated heterocycles. The standard InChI is InChI=1S/C17H26N4S2/c1-12(2)11-21(9-3-8-18)23-14-6-7-15-16(10-14)22-17(20-15)19-13-4-5-13/h6-7,10,12-13H,3-5,8-9,11,18H2,1-2H3,(H,19,20). The van der Waals surface area contributed by atoms with Crippen LogP contribution < -0.4 is 11.1 Å². The van der Waals surface area contributed by atoms with E-state index in [9.17, 15) is 0 Å². The molecule has 0 aliphatic heterocycles. The number of nitrogens with two attached hydrogens (primary N) is 1. The Balaban J connectivity index is 1.69. The maximum absolute atomic E-state index is 5.67. The number of anilines is 1. The molecule has 3 rings (SSSR count). The van der Waals surface area contributed by atoms with Crippen LogP contribution in [0.2, 0.25) is 0 Å². The summed E-state index contributed by atoms with van der Waals surface area (Å²) >= 11 is 3.61. The average molecular weight is 351 g/mol. The largest absolute Gasteiger partial charge is 0.359 e. The number of hydrogen-bond acceptors (Lipinski definition) is 6. The molecule has 0 radical (unpaired) electrons. The molecule has 1 heterocycles. The van der Waals surface area contributed by atoms with Crippen molar-refractivity contribution < 1.29 is 0 Å². The predicted molar refractivity (Wildman–Crippen MR) is 102 cm³/mol. The van der Waals surface area contributed by atoms with Crippen molar-refractivity contribution in [2.24, 2.45) is 11.7 Å². The topological polar surface area (TPSA) is 54.2 Å². The lowest BCUT2D eigenvalue weighted by atomic mass is 10.2. The van der Waals surface area contributed by atoms with Gasteiger partial charge in [0, 0.05) is 24.0 Å². The van der Waals surface area contributed by atoms with E-state index >= 15 is 0 Å². The summed E-state index contributed by atoms with van der Waals surface area (Å²) < 4.78 is 3.70. The number of hydrogen-bond donors (Lipinski definition) is 2. The van der Waals surface area contributed by atoms with Gasteiger partial charge in [-0.3, -0.25) is 0 Å². The average Bonchev–Trinajstić information content (AvgIpc) is 3.21. The molecule has 0 bridgehead atoms. The highest BCUT2D eigenvalue weighted by Gasteiger charge is 2.22. The van der Waals surface area contributed by atoms with Gasteiger partial charge in [-0.2, -0.15) is 0 Å². The smallest absolute Gasteiger partial charge is 0.184 e. The third-order valence-corrected chi connectivity index (χ3v) is 5.68. The van der Waals surface area contributed by atoms with Crippen LogP contribution >= 0.6 is 23.3 Å². The van der Waals surface area contributed by atoms with Crippen molar-refractivity contribution in [1.82, 2.24) is 9.29 Å². The molecule has 1 aliphatic rings. The van der Waals surface area contributed by atoms with Crippen molar-refractivity contribution in [2.45, 2.75) is 44.0 Å². The van der Waals surface area contributed by atoms with E-state index in [0.717, 1.165) is 36.7 Å². The Kier molecular flexibility index (Phi) is 5.80. The summed E-state index contributed by atoms with van der Waals surface area (Å²) in [6.07, 6.45) is 3.60. The van der Waals surface area contributed by atoms with Gasteiger partial charge in [-0.1, -0.05) is 25.2 Å². The van der Waals surface area contributed by atoms with E-state index in [2.05, 4.69) is 46.7 Å². The maximum atomic E-state index is 5.67. The van der Waals surface area contributed by atoms with E-state index in [4.69, 9.17) is 5.73 Å². The Labute approximate surface area is 147 Å². The molecule has 4 nitrogen and oxygen atoms in total. The van der Waals surface area contributed by atoms with Gasteiger partial charge in [-0.15, -0.1) is 0 Å². The first-order chi connectivity index (χ1) is 11.1. The van der Waals surface area contributed by atoms with Crippen LogP contribution in [0.1, 0.15) is 33.1 Å². The Morgan fingerprint density at radius 1 is 1.43 bits per heavy atom. The Morgan fingerprint density at radius 3 is 2.96 bits per heavy atom. The van der Waals surface area contributed by atoms with Crippen molar-refractivity contribution in [3.8, 4) is 0 Å². The predicted octanol–water partition coefficient (Wildman–Crippen LogP) is 4.18. The van der Waals surface area contributed by atoms with Gasteiger partial charge in [-0.25, -0.2) is 9.29 Å². The summed E-state index contributed by atoms with van der Waals surface area (Å²) in [7, 11) is 0.